The Morgan fingerprint density at radius 2 is 1.77 bits per heavy atom. The van der Waals surface area contributed by atoms with Crippen LogP contribution in [0.4, 0.5) is 0 Å². The molecule has 0 spiro atoms. The maximum Gasteiger partial charge on any atom is 0.192 e. The molecule has 1 aliphatic carbocycles. The summed E-state index contributed by atoms with van der Waals surface area (Å²) in [7, 11) is -1.71. The minimum absolute atomic E-state index is 0.228. The highest BCUT2D eigenvalue weighted by Gasteiger charge is 2.36. The van der Waals surface area contributed by atoms with Crippen molar-refractivity contribution >= 4 is 19.7 Å². The lowest BCUT2D eigenvalue weighted by molar-refractivity contribution is -0.114. The molecule has 0 saturated carbocycles. The van der Waals surface area contributed by atoms with Crippen LogP contribution in [0.2, 0.25) is 18.1 Å². The molecule has 120 valence electrons. The van der Waals surface area contributed by atoms with E-state index in [4.69, 9.17) is 4.43 Å². The lowest BCUT2D eigenvalue weighted by Gasteiger charge is -2.36. The van der Waals surface area contributed by atoms with Gasteiger partial charge in [-0.25, -0.2) is 0 Å². The SMILES string of the molecule is CC(C)(C)[Si](C)(C)OCc1ccc(C2=CCCCC2=O)cc1. The Morgan fingerprint density at radius 3 is 2.32 bits per heavy atom. The lowest BCUT2D eigenvalue weighted by atomic mass is 9.92. The second kappa shape index (κ2) is 6.51. The van der Waals surface area contributed by atoms with Crippen molar-refractivity contribution in [3.8, 4) is 0 Å². The molecule has 0 bridgehead atoms. The molecule has 1 aromatic rings. The van der Waals surface area contributed by atoms with Crippen LogP contribution in [0, 0.1) is 0 Å². The van der Waals surface area contributed by atoms with E-state index >= 15 is 0 Å². The first kappa shape index (κ1) is 17.2. The maximum atomic E-state index is 12.0. The summed E-state index contributed by atoms with van der Waals surface area (Å²) >= 11 is 0. The number of Topliss-reactive ketones (excluding diaryl/α,β-unsaturated/α-hetero) is 1. The summed E-state index contributed by atoms with van der Waals surface area (Å²) < 4.78 is 6.24. The van der Waals surface area contributed by atoms with Crippen LogP contribution < -0.4 is 0 Å². The van der Waals surface area contributed by atoms with E-state index in [0.717, 1.165) is 24.0 Å². The Balaban J connectivity index is 2.04. The van der Waals surface area contributed by atoms with Crippen molar-refractivity contribution in [2.75, 3.05) is 0 Å². The van der Waals surface area contributed by atoms with Crippen LogP contribution >= 0.6 is 0 Å². The van der Waals surface area contributed by atoms with Crippen LogP contribution in [0.3, 0.4) is 0 Å². The summed E-state index contributed by atoms with van der Waals surface area (Å²) in [6, 6.07) is 8.29. The molecule has 0 amide bonds. The molecule has 2 rings (SSSR count). The van der Waals surface area contributed by atoms with E-state index in [2.05, 4.69) is 64.2 Å². The minimum atomic E-state index is -1.71. The van der Waals surface area contributed by atoms with Gasteiger partial charge >= 0.3 is 0 Å². The minimum Gasteiger partial charge on any atom is -0.413 e. The number of benzene rings is 1. The highest BCUT2D eigenvalue weighted by atomic mass is 28.4. The molecular formula is C19H28O2Si. The fraction of sp³-hybridized carbons (Fsp3) is 0.526. The fourth-order valence-electron chi connectivity index (χ4n) is 2.30. The number of allylic oxidation sites excluding steroid dienone is 2. The molecule has 0 atom stereocenters. The van der Waals surface area contributed by atoms with Crippen LogP contribution in [0.1, 0.15) is 51.2 Å². The Hall–Kier alpha value is -1.19. The van der Waals surface area contributed by atoms with Crippen LogP contribution in [-0.2, 0) is 15.8 Å². The smallest absolute Gasteiger partial charge is 0.192 e. The highest BCUT2D eigenvalue weighted by Crippen LogP contribution is 2.37. The van der Waals surface area contributed by atoms with Gasteiger partial charge in [0.1, 0.15) is 0 Å². The topological polar surface area (TPSA) is 26.3 Å². The summed E-state index contributed by atoms with van der Waals surface area (Å²) in [5.74, 6) is 0.275. The van der Waals surface area contributed by atoms with Gasteiger partial charge in [0.05, 0.1) is 6.61 Å². The van der Waals surface area contributed by atoms with Gasteiger partial charge in [-0.2, -0.15) is 0 Å². The molecule has 0 radical (unpaired) electrons. The van der Waals surface area contributed by atoms with Gasteiger partial charge < -0.3 is 4.43 Å². The number of carbonyl (C=O) groups excluding carboxylic acids is 1. The first-order valence-corrected chi connectivity index (χ1v) is 11.1. The van der Waals surface area contributed by atoms with Crippen molar-refractivity contribution in [3.63, 3.8) is 0 Å². The number of ketones is 1. The van der Waals surface area contributed by atoms with E-state index < -0.39 is 8.32 Å². The second-order valence-corrected chi connectivity index (χ2v) is 12.5. The van der Waals surface area contributed by atoms with E-state index in [0.29, 0.717) is 13.0 Å². The highest BCUT2D eigenvalue weighted by molar-refractivity contribution is 6.74. The quantitative estimate of drug-likeness (QED) is 0.700. The van der Waals surface area contributed by atoms with Gasteiger partial charge in [-0.15, -0.1) is 0 Å². The zero-order valence-electron chi connectivity index (χ0n) is 14.5. The molecule has 2 nitrogen and oxygen atoms in total. The number of carbonyl (C=O) groups is 1. The summed E-state index contributed by atoms with van der Waals surface area (Å²) in [5.41, 5.74) is 3.11. The van der Waals surface area contributed by atoms with Gasteiger partial charge in [-0.3, -0.25) is 4.79 Å². The molecule has 0 N–H and O–H groups in total. The van der Waals surface area contributed by atoms with E-state index in [1.807, 2.05) is 0 Å². The normalized spacial score (nSPS) is 16.6. The predicted molar refractivity (Wildman–Crippen MR) is 95.3 cm³/mol. The van der Waals surface area contributed by atoms with Gasteiger partial charge in [-0.05, 0) is 42.1 Å². The number of rotatable bonds is 4. The first-order valence-electron chi connectivity index (χ1n) is 8.17. The molecule has 0 saturated heterocycles. The molecule has 1 aliphatic rings. The summed E-state index contributed by atoms with van der Waals surface area (Å²) in [6.07, 6.45) is 4.76. The van der Waals surface area contributed by atoms with Crippen molar-refractivity contribution in [1.82, 2.24) is 0 Å². The summed E-state index contributed by atoms with van der Waals surface area (Å²) in [6.45, 7) is 12.0. The van der Waals surface area contributed by atoms with Crippen molar-refractivity contribution < 1.29 is 9.22 Å². The Bertz CT molecular complexity index is 562. The number of hydrogen-bond donors (Lipinski definition) is 0. The van der Waals surface area contributed by atoms with Crippen LogP contribution in [-0.4, -0.2) is 14.1 Å². The Kier molecular flexibility index (Phi) is 5.08. The Morgan fingerprint density at radius 1 is 1.14 bits per heavy atom. The standard InChI is InChI=1S/C19H28O2Si/c1-19(2,3)22(4,5)21-14-15-10-12-16(13-11-15)17-8-6-7-9-18(17)20/h8,10-13H,6-7,9,14H2,1-5H3. The molecule has 0 fully saturated rings. The molecule has 0 aromatic heterocycles. The second-order valence-electron chi connectivity index (χ2n) is 7.68. The first-order chi connectivity index (χ1) is 10.2. The van der Waals surface area contributed by atoms with Crippen molar-refractivity contribution in [1.29, 1.82) is 0 Å². The van der Waals surface area contributed by atoms with E-state index in [1.165, 1.54) is 5.56 Å². The van der Waals surface area contributed by atoms with Gasteiger partial charge in [-0.1, -0.05) is 51.1 Å². The zero-order valence-corrected chi connectivity index (χ0v) is 15.5. The van der Waals surface area contributed by atoms with Gasteiger partial charge in [0.2, 0.25) is 0 Å². The average molecular weight is 317 g/mol. The monoisotopic (exact) mass is 316 g/mol. The van der Waals surface area contributed by atoms with Crippen molar-refractivity contribution in [2.45, 2.75) is 64.8 Å². The molecular weight excluding hydrogens is 288 g/mol. The van der Waals surface area contributed by atoms with Crippen LogP contribution in [0.25, 0.3) is 5.57 Å². The molecule has 3 heteroatoms. The molecule has 1 aromatic carbocycles. The van der Waals surface area contributed by atoms with Crippen molar-refractivity contribution in [3.05, 3.63) is 41.5 Å². The van der Waals surface area contributed by atoms with Gasteiger partial charge in [0.25, 0.3) is 0 Å². The number of hydrogen-bond acceptors (Lipinski definition) is 2. The van der Waals surface area contributed by atoms with Gasteiger partial charge in [0, 0.05) is 12.0 Å². The fourth-order valence-corrected chi connectivity index (χ4v) is 3.26. The third-order valence-electron chi connectivity index (χ3n) is 4.93. The van der Waals surface area contributed by atoms with Crippen molar-refractivity contribution in [2.24, 2.45) is 0 Å². The molecule has 22 heavy (non-hydrogen) atoms. The predicted octanol–water partition coefficient (Wildman–Crippen LogP) is 5.34. The maximum absolute atomic E-state index is 12.0. The largest absolute Gasteiger partial charge is 0.413 e. The average Bonchev–Trinajstić information content (AvgIpc) is 2.45. The lowest BCUT2D eigenvalue weighted by Crippen LogP contribution is -2.40. The Labute approximate surface area is 135 Å². The third kappa shape index (κ3) is 3.96. The zero-order chi connectivity index (χ0) is 16.4. The van der Waals surface area contributed by atoms with E-state index in [9.17, 15) is 4.79 Å². The van der Waals surface area contributed by atoms with Gasteiger partial charge in [0.15, 0.2) is 14.1 Å². The third-order valence-corrected chi connectivity index (χ3v) is 9.41. The molecule has 0 aliphatic heterocycles. The molecule has 0 unspecified atom stereocenters. The summed E-state index contributed by atoms with van der Waals surface area (Å²) in [4.78, 5) is 12.0. The van der Waals surface area contributed by atoms with E-state index in [-0.39, 0.29) is 10.8 Å². The van der Waals surface area contributed by atoms with Crippen LogP contribution in [0.15, 0.2) is 30.3 Å². The summed E-state index contributed by atoms with van der Waals surface area (Å²) in [5, 5.41) is 0.228. The molecule has 0 heterocycles. The van der Waals surface area contributed by atoms with Crippen LogP contribution in [0.5, 0.6) is 0 Å². The van der Waals surface area contributed by atoms with E-state index in [1.54, 1.807) is 0 Å².